The molecule has 5 nitrogen and oxygen atoms in total. The molecule has 3 rings (SSSR count). The smallest absolute Gasteiger partial charge is 0.261 e. The normalized spacial score (nSPS) is 25.5. The molecule has 1 saturated heterocycles. The number of carbonyl (C=O) groups excluding carboxylic acids is 2. The first-order valence-corrected chi connectivity index (χ1v) is 7.49. The van der Waals surface area contributed by atoms with Crippen molar-refractivity contribution in [1.29, 1.82) is 0 Å². The number of anilines is 1. The molecule has 2 aliphatic heterocycles. The standard InChI is InChI=1S/C16H21N3O2/c1-4-11-8-17-10(2)9-19(11)12-5-6-13-14(7-12)16(21)18(3)15(13)20/h5-7,10-11,17H,4,8-9H2,1-3H3. The SMILES string of the molecule is CCC1CNC(C)CN1c1ccc2c(c1)C(=O)N(C)C2=O. The number of nitrogens with zero attached hydrogens (tertiary/aromatic N) is 2. The molecule has 1 fully saturated rings. The van der Waals surface area contributed by atoms with Gasteiger partial charge < -0.3 is 10.2 Å². The fraction of sp³-hybridized carbons (Fsp3) is 0.500. The number of hydrogen-bond donors (Lipinski definition) is 1. The Morgan fingerprint density at radius 3 is 2.67 bits per heavy atom. The number of hydrogen-bond acceptors (Lipinski definition) is 4. The predicted molar refractivity (Wildman–Crippen MR) is 81.8 cm³/mol. The van der Waals surface area contributed by atoms with Crippen LogP contribution in [0.4, 0.5) is 5.69 Å². The number of carbonyl (C=O) groups is 2. The van der Waals surface area contributed by atoms with Crippen LogP contribution in [0.25, 0.3) is 0 Å². The molecule has 0 saturated carbocycles. The number of imide groups is 1. The van der Waals surface area contributed by atoms with Crippen molar-refractivity contribution in [2.45, 2.75) is 32.4 Å². The molecule has 0 spiro atoms. The number of fused-ring (bicyclic) bond motifs is 1. The molecule has 21 heavy (non-hydrogen) atoms. The number of piperazine rings is 1. The van der Waals surface area contributed by atoms with Gasteiger partial charge in [0.2, 0.25) is 0 Å². The summed E-state index contributed by atoms with van der Waals surface area (Å²) in [6.07, 6.45) is 1.05. The summed E-state index contributed by atoms with van der Waals surface area (Å²) in [5.74, 6) is -0.407. The molecule has 1 aromatic rings. The first-order valence-electron chi connectivity index (χ1n) is 7.49. The third-order valence-electron chi connectivity index (χ3n) is 4.49. The maximum absolute atomic E-state index is 12.1. The zero-order valence-corrected chi connectivity index (χ0v) is 12.7. The summed E-state index contributed by atoms with van der Waals surface area (Å²) >= 11 is 0. The van der Waals surface area contributed by atoms with E-state index in [0.29, 0.717) is 23.2 Å². The average molecular weight is 287 g/mol. The lowest BCUT2D eigenvalue weighted by Crippen LogP contribution is -2.55. The Balaban J connectivity index is 1.97. The number of nitrogens with one attached hydrogen (secondary N) is 1. The fourth-order valence-corrected chi connectivity index (χ4v) is 3.16. The van der Waals surface area contributed by atoms with Crippen LogP contribution in [0, 0.1) is 0 Å². The van der Waals surface area contributed by atoms with Crippen LogP contribution in [-0.2, 0) is 0 Å². The van der Waals surface area contributed by atoms with Crippen LogP contribution >= 0.6 is 0 Å². The molecular formula is C16H21N3O2. The maximum Gasteiger partial charge on any atom is 0.261 e. The van der Waals surface area contributed by atoms with Gasteiger partial charge in [0.25, 0.3) is 11.8 Å². The van der Waals surface area contributed by atoms with E-state index in [2.05, 4.69) is 24.1 Å². The lowest BCUT2D eigenvalue weighted by Gasteiger charge is -2.40. The van der Waals surface area contributed by atoms with Crippen LogP contribution in [0.1, 0.15) is 41.0 Å². The van der Waals surface area contributed by atoms with Crippen LogP contribution in [0.5, 0.6) is 0 Å². The van der Waals surface area contributed by atoms with Gasteiger partial charge in [0.05, 0.1) is 11.1 Å². The Kier molecular flexibility index (Phi) is 3.45. The van der Waals surface area contributed by atoms with E-state index in [1.54, 1.807) is 6.07 Å². The lowest BCUT2D eigenvalue weighted by atomic mass is 10.0. The van der Waals surface area contributed by atoms with Gasteiger partial charge >= 0.3 is 0 Å². The molecule has 0 radical (unpaired) electrons. The molecular weight excluding hydrogens is 266 g/mol. The summed E-state index contributed by atoms with van der Waals surface area (Å²) in [6.45, 7) is 6.19. The molecule has 0 bridgehead atoms. The Morgan fingerprint density at radius 1 is 1.24 bits per heavy atom. The zero-order valence-electron chi connectivity index (χ0n) is 12.7. The highest BCUT2D eigenvalue weighted by atomic mass is 16.2. The monoisotopic (exact) mass is 287 g/mol. The van der Waals surface area contributed by atoms with E-state index in [9.17, 15) is 9.59 Å². The van der Waals surface area contributed by atoms with Crippen LogP contribution in [0.3, 0.4) is 0 Å². The highest BCUT2D eigenvalue weighted by Gasteiger charge is 2.34. The number of rotatable bonds is 2. The van der Waals surface area contributed by atoms with Gasteiger partial charge in [-0.05, 0) is 31.5 Å². The molecule has 2 atom stereocenters. The van der Waals surface area contributed by atoms with Gasteiger partial charge in [-0.25, -0.2) is 0 Å². The lowest BCUT2D eigenvalue weighted by molar-refractivity contribution is 0.0693. The largest absolute Gasteiger partial charge is 0.366 e. The van der Waals surface area contributed by atoms with Crippen molar-refractivity contribution in [3.8, 4) is 0 Å². The minimum Gasteiger partial charge on any atom is -0.366 e. The van der Waals surface area contributed by atoms with Gasteiger partial charge in [-0.15, -0.1) is 0 Å². The minimum atomic E-state index is -0.206. The number of amides is 2. The second kappa shape index (κ2) is 5.15. The molecule has 1 N–H and O–H groups in total. The maximum atomic E-state index is 12.1. The van der Waals surface area contributed by atoms with E-state index in [4.69, 9.17) is 0 Å². The van der Waals surface area contributed by atoms with Crippen molar-refractivity contribution in [2.24, 2.45) is 0 Å². The van der Waals surface area contributed by atoms with E-state index in [-0.39, 0.29) is 11.8 Å². The van der Waals surface area contributed by atoms with Gasteiger partial charge in [-0.2, -0.15) is 0 Å². The second-order valence-corrected chi connectivity index (χ2v) is 5.92. The topological polar surface area (TPSA) is 52.7 Å². The molecule has 0 aliphatic carbocycles. The van der Waals surface area contributed by atoms with E-state index < -0.39 is 0 Å². The molecule has 1 aromatic carbocycles. The fourth-order valence-electron chi connectivity index (χ4n) is 3.16. The van der Waals surface area contributed by atoms with E-state index in [1.165, 1.54) is 11.9 Å². The van der Waals surface area contributed by atoms with Gasteiger partial charge in [0, 0.05) is 37.9 Å². The van der Waals surface area contributed by atoms with Gasteiger partial charge in [0.1, 0.15) is 0 Å². The summed E-state index contributed by atoms with van der Waals surface area (Å²) in [5, 5.41) is 3.49. The van der Waals surface area contributed by atoms with E-state index in [1.807, 2.05) is 12.1 Å². The molecule has 112 valence electrons. The zero-order chi connectivity index (χ0) is 15.1. The third kappa shape index (κ3) is 2.21. The van der Waals surface area contributed by atoms with E-state index in [0.717, 1.165) is 25.2 Å². The molecule has 2 unspecified atom stereocenters. The molecule has 0 aromatic heterocycles. The van der Waals surface area contributed by atoms with Crippen LogP contribution in [0.15, 0.2) is 18.2 Å². The second-order valence-electron chi connectivity index (χ2n) is 5.92. The molecule has 5 heteroatoms. The summed E-state index contributed by atoms with van der Waals surface area (Å²) in [4.78, 5) is 27.6. The summed E-state index contributed by atoms with van der Waals surface area (Å²) < 4.78 is 0. The average Bonchev–Trinajstić information content (AvgIpc) is 2.71. The van der Waals surface area contributed by atoms with Crippen LogP contribution in [-0.4, -0.2) is 48.9 Å². The predicted octanol–water partition coefficient (Wildman–Crippen LogP) is 1.49. The highest BCUT2D eigenvalue weighted by Crippen LogP contribution is 2.29. The Morgan fingerprint density at radius 2 is 1.95 bits per heavy atom. The van der Waals surface area contributed by atoms with Crippen molar-refractivity contribution in [3.63, 3.8) is 0 Å². The van der Waals surface area contributed by atoms with Crippen molar-refractivity contribution >= 4 is 17.5 Å². The first-order chi connectivity index (χ1) is 10.0. The summed E-state index contributed by atoms with van der Waals surface area (Å²) in [7, 11) is 1.53. The highest BCUT2D eigenvalue weighted by molar-refractivity contribution is 6.21. The molecule has 2 amide bonds. The van der Waals surface area contributed by atoms with E-state index >= 15 is 0 Å². The minimum absolute atomic E-state index is 0.201. The first kappa shape index (κ1) is 14.1. The Hall–Kier alpha value is -1.88. The van der Waals surface area contributed by atoms with Crippen molar-refractivity contribution in [2.75, 3.05) is 25.0 Å². The molecule has 2 aliphatic rings. The van der Waals surface area contributed by atoms with Gasteiger partial charge in [-0.3, -0.25) is 14.5 Å². The quantitative estimate of drug-likeness (QED) is 0.837. The van der Waals surface area contributed by atoms with Crippen LogP contribution in [0.2, 0.25) is 0 Å². The van der Waals surface area contributed by atoms with Gasteiger partial charge in [0.15, 0.2) is 0 Å². The summed E-state index contributed by atoms with van der Waals surface area (Å²) in [5.41, 5.74) is 2.08. The van der Waals surface area contributed by atoms with Crippen LogP contribution < -0.4 is 10.2 Å². The molecule has 2 heterocycles. The Labute approximate surface area is 124 Å². The summed E-state index contributed by atoms with van der Waals surface area (Å²) in [6, 6.07) is 6.46. The third-order valence-corrected chi connectivity index (χ3v) is 4.49. The van der Waals surface area contributed by atoms with Crippen molar-refractivity contribution in [3.05, 3.63) is 29.3 Å². The number of benzene rings is 1. The van der Waals surface area contributed by atoms with Gasteiger partial charge in [-0.1, -0.05) is 6.92 Å². The van der Waals surface area contributed by atoms with Crippen molar-refractivity contribution < 1.29 is 9.59 Å². The van der Waals surface area contributed by atoms with Crippen molar-refractivity contribution in [1.82, 2.24) is 10.2 Å². The Bertz CT molecular complexity index is 599.